The van der Waals surface area contributed by atoms with E-state index in [9.17, 15) is 0 Å². The molecule has 2 aromatic rings. The van der Waals surface area contributed by atoms with Crippen LogP contribution >= 0.6 is 11.3 Å². The average molecular weight is 282 g/mol. The number of nitrogens with zero attached hydrogens (tertiary/aromatic N) is 2. The minimum Gasteiger partial charge on any atom is -0.394 e. The van der Waals surface area contributed by atoms with Crippen LogP contribution in [-0.2, 0) is 0 Å². The SMILES string of the molecule is CCCNc1nc(NC(CO)CO)c2ccsc2n1. The van der Waals surface area contributed by atoms with Crippen LogP contribution in [0.15, 0.2) is 11.4 Å². The van der Waals surface area contributed by atoms with Crippen molar-refractivity contribution in [3.8, 4) is 0 Å². The molecule has 104 valence electrons. The van der Waals surface area contributed by atoms with Gasteiger partial charge in [-0.1, -0.05) is 6.92 Å². The minimum absolute atomic E-state index is 0.149. The van der Waals surface area contributed by atoms with Crippen LogP contribution in [0.25, 0.3) is 10.2 Å². The lowest BCUT2D eigenvalue weighted by molar-refractivity contribution is 0.203. The summed E-state index contributed by atoms with van der Waals surface area (Å²) in [6, 6.07) is 1.51. The van der Waals surface area contributed by atoms with Gasteiger partial charge in [0.25, 0.3) is 0 Å². The van der Waals surface area contributed by atoms with E-state index in [1.807, 2.05) is 11.4 Å². The lowest BCUT2D eigenvalue weighted by Crippen LogP contribution is -2.28. The molecule has 0 spiro atoms. The molecule has 0 saturated carbocycles. The Kier molecular flexibility index (Phi) is 4.89. The van der Waals surface area contributed by atoms with E-state index in [2.05, 4.69) is 27.5 Å². The summed E-state index contributed by atoms with van der Waals surface area (Å²) in [6.07, 6.45) is 0.991. The molecule has 0 aliphatic rings. The van der Waals surface area contributed by atoms with E-state index in [0.29, 0.717) is 11.8 Å². The number of hydrogen-bond donors (Lipinski definition) is 4. The fourth-order valence-electron chi connectivity index (χ4n) is 1.62. The lowest BCUT2D eigenvalue weighted by atomic mass is 10.3. The van der Waals surface area contributed by atoms with Gasteiger partial charge in [-0.15, -0.1) is 11.3 Å². The van der Waals surface area contributed by atoms with E-state index in [1.165, 1.54) is 11.3 Å². The Morgan fingerprint density at radius 3 is 2.79 bits per heavy atom. The lowest BCUT2D eigenvalue weighted by Gasteiger charge is -2.15. The third-order valence-corrected chi connectivity index (χ3v) is 3.45. The summed E-state index contributed by atoms with van der Waals surface area (Å²) in [5, 5.41) is 27.3. The number of nitrogens with one attached hydrogen (secondary N) is 2. The number of aliphatic hydroxyl groups is 2. The van der Waals surface area contributed by atoms with Crippen LogP contribution in [-0.4, -0.2) is 46.0 Å². The molecule has 6 nitrogen and oxygen atoms in total. The van der Waals surface area contributed by atoms with Crippen molar-refractivity contribution in [3.63, 3.8) is 0 Å². The highest BCUT2D eigenvalue weighted by Gasteiger charge is 2.12. The molecule has 2 rings (SSSR count). The number of fused-ring (bicyclic) bond motifs is 1. The zero-order chi connectivity index (χ0) is 13.7. The molecule has 0 aliphatic carbocycles. The van der Waals surface area contributed by atoms with Gasteiger partial charge in [-0.25, -0.2) is 4.98 Å². The summed E-state index contributed by atoms with van der Waals surface area (Å²) in [4.78, 5) is 9.70. The molecule has 19 heavy (non-hydrogen) atoms. The second-order valence-corrected chi connectivity index (χ2v) is 5.06. The highest BCUT2D eigenvalue weighted by molar-refractivity contribution is 7.16. The molecular weight excluding hydrogens is 264 g/mol. The molecule has 0 aliphatic heterocycles. The van der Waals surface area contributed by atoms with Gasteiger partial charge in [0.2, 0.25) is 5.95 Å². The predicted octanol–water partition coefficient (Wildman–Crippen LogP) is 1.28. The molecule has 0 fully saturated rings. The van der Waals surface area contributed by atoms with Gasteiger partial charge in [-0.3, -0.25) is 0 Å². The normalized spacial score (nSPS) is 11.2. The predicted molar refractivity (Wildman–Crippen MR) is 77.8 cm³/mol. The van der Waals surface area contributed by atoms with Gasteiger partial charge in [0.1, 0.15) is 10.6 Å². The maximum absolute atomic E-state index is 9.14. The molecule has 0 atom stereocenters. The van der Waals surface area contributed by atoms with Crippen molar-refractivity contribution in [2.45, 2.75) is 19.4 Å². The first kappa shape index (κ1) is 14.0. The smallest absolute Gasteiger partial charge is 0.226 e. The summed E-state index contributed by atoms with van der Waals surface area (Å²) in [6.45, 7) is 2.58. The Hall–Kier alpha value is -1.44. The van der Waals surface area contributed by atoms with Crippen molar-refractivity contribution >= 4 is 33.3 Å². The Labute approximate surface area is 115 Å². The third kappa shape index (κ3) is 3.31. The van der Waals surface area contributed by atoms with E-state index in [0.717, 1.165) is 23.2 Å². The zero-order valence-electron chi connectivity index (χ0n) is 10.8. The molecule has 2 heterocycles. The second-order valence-electron chi connectivity index (χ2n) is 4.17. The second kappa shape index (κ2) is 6.65. The van der Waals surface area contributed by atoms with Crippen molar-refractivity contribution in [1.29, 1.82) is 0 Å². The Morgan fingerprint density at radius 2 is 2.11 bits per heavy atom. The highest BCUT2D eigenvalue weighted by Crippen LogP contribution is 2.26. The first-order valence-corrected chi connectivity index (χ1v) is 7.13. The fourth-order valence-corrected chi connectivity index (χ4v) is 2.39. The number of thiophene rings is 1. The Bertz CT molecular complexity index is 527. The fraction of sp³-hybridized carbons (Fsp3) is 0.500. The topological polar surface area (TPSA) is 90.3 Å². The summed E-state index contributed by atoms with van der Waals surface area (Å²) >= 11 is 1.54. The molecule has 0 radical (unpaired) electrons. The van der Waals surface area contributed by atoms with Crippen LogP contribution in [0.4, 0.5) is 11.8 Å². The van der Waals surface area contributed by atoms with Crippen molar-refractivity contribution in [3.05, 3.63) is 11.4 Å². The van der Waals surface area contributed by atoms with Gasteiger partial charge >= 0.3 is 0 Å². The summed E-state index contributed by atoms with van der Waals surface area (Å²) in [5.74, 6) is 1.20. The van der Waals surface area contributed by atoms with Crippen molar-refractivity contribution in [2.75, 3.05) is 30.4 Å². The molecule has 2 aromatic heterocycles. The first-order chi connectivity index (χ1) is 9.28. The van der Waals surface area contributed by atoms with Crippen LogP contribution in [0.2, 0.25) is 0 Å². The molecule has 4 N–H and O–H groups in total. The van der Waals surface area contributed by atoms with Crippen LogP contribution in [0.1, 0.15) is 13.3 Å². The van der Waals surface area contributed by atoms with Crippen LogP contribution in [0, 0.1) is 0 Å². The number of anilines is 2. The molecule has 0 unspecified atom stereocenters. The van der Waals surface area contributed by atoms with Crippen LogP contribution in [0.3, 0.4) is 0 Å². The Morgan fingerprint density at radius 1 is 1.32 bits per heavy atom. The van der Waals surface area contributed by atoms with Gasteiger partial charge in [0.05, 0.1) is 24.6 Å². The van der Waals surface area contributed by atoms with Gasteiger partial charge in [-0.05, 0) is 17.9 Å². The maximum Gasteiger partial charge on any atom is 0.226 e. The first-order valence-electron chi connectivity index (χ1n) is 6.25. The standard InChI is InChI=1S/C12H18N4O2S/c1-2-4-13-12-15-10(14-8(6-17)7-18)9-3-5-19-11(9)16-12/h3,5,8,17-18H,2,4,6-7H2,1H3,(H2,13,14,15,16). The zero-order valence-corrected chi connectivity index (χ0v) is 11.6. The largest absolute Gasteiger partial charge is 0.394 e. The number of rotatable bonds is 7. The highest BCUT2D eigenvalue weighted by atomic mass is 32.1. The Balaban J connectivity index is 2.30. The summed E-state index contributed by atoms with van der Waals surface area (Å²) in [7, 11) is 0. The molecule has 0 bridgehead atoms. The van der Waals surface area contributed by atoms with Crippen molar-refractivity contribution in [1.82, 2.24) is 9.97 Å². The molecule has 0 aromatic carbocycles. The number of hydrogen-bond acceptors (Lipinski definition) is 7. The molecular formula is C12H18N4O2S. The molecule has 7 heteroatoms. The van der Waals surface area contributed by atoms with E-state index in [-0.39, 0.29) is 13.2 Å². The average Bonchev–Trinajstić information content (AvgIpc) is 2.90. The summed E-state index contributed by atoms with van der Waals surface area (Å²) in [5.41, 5.74) is 0. The third-order valence-electron chi connectivity index (χ3n) is 2.64. The van der Waals surface area contributed by atoms with E-state index in [1.54, 1.807) is 0 Å². The van der Waals surface area contributed by atoms with Gasteiger partial charge < -0.3 is 20.8 Å². The summed E-state index contributed by atoms with van der Waals surface area (Å²) < 4.78 is 0. The van der Waals surface area contributed by atoms with E-state index in [4.69, 9.17) is 10.2 Å². The van der Waals surface area contributed by atoms with E-state index < -0.39 is 6.04 Å². The van der Waals surface area contributed by atoms with Crippen LogP contribution in [0.5, 0.6) is 0 Å². The van der Waals surface area contributed by atoms with Crippen molar-refractivity contribution < 1.29 is 10.2 Å². The van der Waals surface area contributed by atoms with Crippen molar-refractivity contribution in [2.24, 2.45) is 0 Å². The molecule has 0 amide bonds. The number of aliphatic hydroxyl groups excluding tert-OH is 2. The quantitative estimate of drug-likeness (QED) is 0.611. The maximum atomic E-state index is 9.14. The monoisotopic (exact) mass is 282 g/mol. The van der Waals surface area contributed by atoms with Gasteiger partial charge in [-0.2, -0.15) is 4.98 Å². The number of aromatic nitrogens is 2. The van der Waals surface area contributed by atoms with E-state index >= 15 is 0 Å². The molecule has 0 saturated heterocycles. The van der Waals surface area contributed by atoms with Crippen LogP contribution < -0.4 is 10.6 Å². The van der Waals surface area contributed by atoms with Gasteiger partial charge in [0, 0.05) is 6.54 Å². The minimum atomic E-state index is -0.419. The van der Waals surface area contributed by atoms with Gasteiger partial charge in [0.15, 0.2) is 0 Å².